The zero-order valence-electron chi connectivity index (χ0n) is 14.9. The molecule has 0 saturated carbocycles. The number of ketones is 1. The first-order chi connectivity index (χ1) is 13.1. The normalized spacial score (nSPS) is 10.9. The monoisotopic (exact) mass is 368 g/mol. The summed E-state index contributed by atoms with van der Waals surface area (Å²) in [5, 5.41) is 9.35. The molecule has 2 aromatic carbocycles. The van der Waals surface area contributed by atoms with Crippen LogP contribution in [0.3, 0.4) is 0 Å². The van der Waals surface area contributed by atoms with Gasteiger partial charge >= 0.3 is 5.63 Å². The van der Waals surface area contributed by atoms with Crippen molar-refractivity contribution in [2.45, 2.75) is 6.92 Å². The summed E-state index contributed by atoms with van der Waals surface area (Å²) in [5.41, 5.74) is 2.05. The van der Waals surface area contributed by atoms with Crippen LogP contribution in [0, 0.1) is 0 Å². The van der Waals surface area contributed by atoms with Gasteiger partial charge in [0.25, 0.3) is 0 Å². The maximum absolute atomic E-state index is 11.9. The van der Waals surface area contributed by atoms with Crippen LogP contribution in [-0.2, 0) is 4.74 Å². The highest BCUT2D eigenvalue weighted by molar-refractivity contribution is 6.01. The highest BCUT2D eigenvalue weighted by Crippen LogP contribution is 2.29. The fourth-order valence-electron chi connectivity index (χ4n) is 2.74. The molecule has 0 amide bonds. The Morgan fingerprint density at radius 1 is 1.04 bits per heavy atom. The van der Waals surface area contributed by atoms with Gasteiger partial charge in [-0.15, -0.1) is 0 Å². The Morgan fingerprint density at radius 3 is 2.52 bits per heavy atom. The molecule has 6 nitrogen and oxygen atoms in total. The number of hydrogen-bond donors (Lipinski definition) is 1. The van der Waals surface area contributed by atoms with E-state index in [2.05, 4.69) is 0 Å². The van der Waals surface area contributed by atoms with Crippen molar-refractivity contribution >= 4 is 16.8 Å². The summed E-state index contributed by atoms with van der Waals surface area (Å²) in [6.07, 6.45) is 0. The third-order valence-electron chi connectivity index (χ3n) is 4.05. The molecule has 1 heterocycles. The lowest BCUT2D eigenvalue weighted by Crippen LogP contribution is -2.09. The molecule has 0 aliphatic rings. The first-order valence-electron chi connectivity index (χ1n) is 8.59. The number of fused-ring (bicyclic) bond motifs is 1. The fourth-order valence-corrected chi connectivity index (χ4v) is 2.74. The number of carbonyl (C=O) groups is 1. The number of aliphatic hydroxyl groups is 1. The van der Waals surface area contributed by atoms with E-state index in [0.29, 0.717) is 41.1 Å². The Balaban J connectivity index is 1.87. The van der Waals surface area contributed by atoms with Crippen molar-refractivity contribution in [1.82, 2.24) is 0 Å². The van der Waals surface area contributed by atoms with E-state index in [1.54, 1.807) is 30.3 Å². The summed E-state index contributed by atoms with van der Waals surface area (Å²) in [4.78, 5) is 23.6. The Hall–Kier alpha value is -2.96. The van der Waals surface area contributed by atoms with E-state index < -0.39 is 5.63 Å². The van der Waals surface area contributed by atoms with Gasteiger partial charge in [0.05, 0.1) is 19.8 Å². The van der Waals surface area contributed by atoms with Crippen molar-refractivity contribution in [2.24, 2.45) is 0 Å². The third-order valence-corrected chi connectivity index (χ3v) is 4.05. The van der Waals surface area contributed by atoms with Gasteiger partial charge in [0.15, 0.2) is 5.78 Å². The maximum Gasteiger partial charge on any atom is 0.336 e. The van der Waals surface area contributed by atoms with Crippen molar-refractivity contribution < 1.29 is 23.8 Å². The molecule has 1 aromatic heterocycles. The number of hydrogen-bond acceptors (Lipinski definition) is 6. The Labute approximate surface area is 156 Å². The number of benzene rings is 2. The van der Waals surface area contributed by atoms with E-state index in [9.17, 15) is 9.59 Å². The van der Waals surface area contributed by atoms with E-state index in [1.165, 1.54) is 13.0 Å². The molecule has 3 rings (SSSR count). The molecule has 0 unspecified atom stereocenters. The van der Waals surface area contributed by atoms with Crippen molar-refractivity contribution in [3.05, 3.63) is 64.5 Å². The van der Waals surface area contributed by atoms with E-state index in [0.717, 1.165) is 5.56 Å². The first-order valence-corrected chi connectivity index (χ1v) is 8.59. The van der Waals surface area contributed by atoms with Gasteiger partial charge in [0.1, 0.15) is 17.9 Å². The molecule has 140 valence electrons. The average Bonchev–Trinajstić information content (AvgIpc) is 2.67. The molecule has 0 aliphatic heterocycles. The lowest BCUT2D eigenvalue weighted by atomic mass is 9.99. The lowest BCUT2D eigenvalue weighted by Gasteiger charge is -2.09. The van der Waals surface area contributed by atoms with Gasteiger partial charge in [0, 0.05) is 17.0 Å². The SMILES string of the molecule is CC(=O)c1ccc2oc(=O)cc(-c3ccc(OCCOCCO)cc3)c2c1. The second-order valence-electron chi connectivity index (χ2n) is 5.96. The maximum atomic E-state index is 11.9. The van der Waals surface area contributed by atoms with Crippen molar-refractivity contribution in [2.75, 3.05) is 26.4 Å². The highest BCUT2D eigenvalue weighted by atomic mass is 16.5. The van der Waals surface area contributed by atoms with Crippen LogP contribution < -0.4 is 10.4 Å². The zero-order valence-corrected chi connectivity index (χ0v) is 14.9. The van der Waals surface area contributed by atoms with Gasteiger partial charge in [0.2, 0.25) is 0 Å². The summed E-state index contributed by atoms with van der Waals surface area (Å²) in [6, 6.07) is 13.7. The molecule has 6 heteroatoms. The molecule has 0 spiro atoms. The van der Waals surface area contributed by atoms with Crippen LogP contribution in [0.2, 0.25) is 0 Å². The Bertz CT molecular complexity index is 988. The summed E-state index contributed by atoms with van der Waals surface area (Å²) in [5.74, 6) is 0.615. The van der Waals surface area contributed by atoms with E-state index in [-0.39, 0.29) is 19.0 Å². The Kier molecular flexibility index (Phi) is 6.01. The summed E-state index contributed by atoms with van der Waals surface area (Å²) in [7, 11) is 0. The number of Topliss-reactive ketones (excluding diaryl/α,β-unsaturated/α-hetero) is 1. The number of rotatable bonds is 8. The number of carbonyl (C=O) groups excluding carboxylic acids is 1. The second-order valence-corrected chi connectivity index (χ2v) is 5.96. The summed E-state index contributed by atoms with van der Waals surface area (Å²) >= 11 is 0. The van der Waals surface area contributed by atoms with Crippen molar-refractivity contribution in [1.29, 1.82) is 0 Å². The fraction of sp³-hybridized carbons (Fsp3) is 0.238. The molecule has 0 saturated heterocycles. The lowest BCUT2D eigenvalue weighted by molar-refractivity contribution is 0.0705. The number of ether oxygens (including phenoxy) is 2. The standard InChI is InChI=1S/C21H20O6/c1-14(23)16-4-7-20-19(12-16)18(13-21(24)27-20)15-2-5-17(6-3-15)26-11-10-25-9-8-22/h2-7,12-13,22H,8-11H2,1H3. The smallest absolute Gasteiger partial charge is 0.336 e. The number of aliphatic hydroxyl groups excluding tert-OH is 1. The molecular formula is C21H20O6. The first kappa shape index (κ1) is 18.8. The molecule has 0 atom stereocenters. The summed E-state index contributed by atoms with van der Waals surface area (Å²) < 4.78 is 16.0. The Morgan fingerprint density at radius 2 is 1.81 bits per heavy atom. The van der Waals surface area contributed by atoms with Crippen LogP contribution >= 0.6 is 0 Å². The van der Waals surface area contributed by atoms with E-state index in [1.807, 2.05) is 12.1 Å². The van der Waals surface area contributed by atoms with E-state index >= 15 is 0 Å². The molecule has 0 aliphatic carbocycles. The molecule has 1 N–H and O–H groups in total. The van der Waals surface area contributed by atoms with Gasteiger partial charge in [-0.2, -0.15) is 0 Å². The van der Waals surface area contributed by atoms with Crippen molar-refractivity contribution in [3.63, 3.8) is 0 Å². The third kappa shape index (κ3) is 4.61. The molecule has 0 bridgehead atoms. The predicted octanol–water partition coefficient (Wildman–Crippen LogP) is 3.05. The molecule has 3 aromatic rings. The van der Waals surface area contributed by atoms with Gasteiger partial charge in [-0.25, -0.2) is 4.79 Å². The second kappa shape index (κ2) is 8.62. The van der Waals surface area contributed by atoms with E-state index in [4.69, 9.17) is 19.0 Å². The average molecular weight is 368 g/mol. The minimum Gasteiger partial charge on any atom is -0.491 e. The van der Waals surface area contributed by atoms with Crippen molar-refractivity contribution in [3.8, 4) is 16.9 Å². The van der Waals surface area contributed by atoms with Crippen LogP contribution in [0.5, 0.6) is 5.75 Å². The molecule has 0 fully saturated rings. The van der Waals surface area contributed by atoms with Crippen LogP contribution in [0.15, 0.2) is 57.7 Å². The molecular weight excluding hydrogens is 348 g/mol. The summed E-state index contributed by atoms with van der Waals surface area (Å²) in [6.45, 7) is 2.53. The predicted molar refractivity (Wildman–Crippen MR) is 101 cm³/mol. The minimum absolute atomic E-state index is 0.0148. The topological polar surface area (TPSA) is 86.0 Å². The van der Waals surface area contributed by atoms with Crippen LogP contribution in [0.4, 0.5) is 0 Å². The van der Waals surface area contributed by atoms with Crippen LogP contribution in [0.25, 0.3) is 22.1 Å². The van der Waals surface area contributed by atoms with Gasteiger partial charge < -0.3 is 19.0 Å². The van der Waals surface area contributed by atoms with Crippen LogP contribution in [-0.4, -0.2) is 37.3 Å². The molecule has 0 radical (unpaired) electrons. The van der Waals surface area contributed by atoms with Gasteiger partial charge in [-0.05, 0) is 48.4 Å². The van der Waals surface area contributed by atoms with Crippen LogP contribution in [0.1, 0.15) is 17.3 Å². The van der Waals surface area contributed by atoms with Gasteiger partial charge in [-0.3, -0.25) is 4.79 Å². The van der Waals surface area contributed by atoms with Gasteiger partial charge in [-0.1, -0.05) is 12.1 Å². The largest absolute Gasteiger partial charge is 0.491 e. The quantitative estimate of drug-likeness (QED) is 0.374. The zero-order chi connectivity index (χ0) is 19.2. The molecule has 27 heavy (non-hydrogen) atoms. The highest BCUT2D eigenvalue weighted by Gasteiger charge is 2.10. The minimum atomic E-state index is -0.450.